The number of amides is 1. The number of carbonyl (C=O) groups excluding carboxylic acids is 1. The molecule has 0 unspecified atom stereocenters. The second-order valence-electron chi connectivity index (χ2n) is 5.73. The predicted octanol–water partition coefficient (Wildman–Crippen LogP) is 3.75. The van der Waals surface area contributed by atoms with E-state index in [0.29, 0.717) is 36.3 Å². The molecule has 0 spiro atoms. The minimum absolute atomic E-state index is 0. The molecule has 2 aromatic rings. The molecule has 146 valence electrons. The maximum atomic E-state index is 12.0. The molecule has 27 heavy (non-hydrogen) atoms. The van der Waals surface area contributed by atoms with Gasteiger partial charge in [-0.15, -0.1) is 24.0 Å². The first-order chi connectivity index (χ1) is 12.6. The van der Waals surface area contributed by atoms with Crippen molar-refractivity contribution in [3.8, 4) is 0 Å². The number of hydrogen-bond donors (Lipinski definition) is 3. The van der Waals surface area contributed by atoms with Crippen LogP contribution in [0.1, 0.15) is 24.5 Å². The standard InChI is InChI=1S/C19H24ClN5O.HI/c1-3-21-19(24-13-15-6-4-5-7-16(15)20)22-11-10-18(26)25-17-9-8-14(2)12-23-17;/h4-9,12H,3,10-11,13H2,1-2H3,(H2,21,22,24)(H,23,25,26);1H. The molecule has 0 saturated carbocycles. The van der Waals surface area contributed by atoms with Gasteiger partial charge in [-0.25, -0.2) is 9.98 Å². The highest BCUT2D eigenvalue weighted by Crippen LogP contribution is 2.15. The van der Waals surface area contributed by atoms with Crippen LogP contribution in [0.3, 0.4) is 0 Å². The van der Waals surface area contributed by atoms with Crippen LogP contribution in [0.25, 0.3) is 0 Å². The Morgan fingerprint density at radius 3 is 2.63 bits per heavy atom. The van der Waals surface area contributed by atoms with Crippen molar-refractivity contribution in [1.29, 1.82) is 0 Å². The molecule has 1 heterocycles. The van der Waals surface area contributed by atoms with E-state index < -0.39 is 0 Å². The van der Waals surface area contributed by atoms with E-state index in [1.165, 1.54) is 0 Å². The van der Waals surface area contributed by atoms with Gasteiger partial charge in [-0.1, -0.05) is 35.9 Å². The third kappa shape index (κ3) is 8.57. The Labute approximate surface area is 182 Å². The lowest BCUT2D eigenvalue weighted by Gasteiger charge is -2.11. The zero-order valence-electron chi connectivity index (χ0n) is 15.5. The highest BCUT2D eigenvalue weighted by atomic mass is 127. The first-order valence-electron chi connectivity index (χ1n) is 8.56. The van der Waals surface area contributed by atoms with Gasteiger partial charge in [-0.2, -0.15) is 0 Å². The fourth-order valence-electron chi connectivity index (χ4n) is 2.17. The maximum Gasteiger partial charge on any atom is 0.227 e. The Bertz CT molecular complexity index is 752. The minimum Gasteiger partial charge on any atom is -0.357 e. The SMILES string of the molecule is CCNC(=NCc1ccccc1Cl)NCCC(=O)Nc1ccc(C)cn1.I. The van der Waals surface area contributed by atoms with Crippen LogP contribution in [0.5, 0.6) is 0 Å². The Kier molecular flexibility index (Phi) is 10.7. The van der Waals surface area contributed by atoms with Gasteiger partial charge in [-0.3, -0.25) is 4.79 Å². The number of anilines is 1. The molecule has 3 N–H and O–H groups in total. The third-order valence-electron chi connectivity index (χ3n) is 3.53. The summed E-state index contributed by atoms with van der Waals surface area (Å²) in [7, 11) is 0. The van der Waals surface area contributed by atoms with Gasteiger partial charge in [-0.05, 0) is 37.1 Å². The second-order valence-corrected chi connectivity index (χ2v) is 6.14. The van der Waals surface area contributed by atoms with Crippen LogP contribution in [0.2, 0.25) is 5.02 Å². The van der Waals surface area contributed by atoms with Crippen LogP contribution < -0.4 is 16.0 Å². The molecule has 0 saturated heterocycles. The van der Waals surface area contributed by atoms with Gasteiger partial charge in [0.15, 0.2) is 5.96 Å². The molecule has 0 aliphatic rings. The Hall–Kier alpha value is -1.87. The van der Waals surface area contributed by atoms with E-state index in [9.17, 15) is 4.79 Å². The first-order valence-corrected chi connectivity index (χ1v) is 8.94. The Morgan fingerprint density at radius 1 is 1.19 bits per heavy atom. The van der Waals surface area contributed by atoms with E-state index >= 15 is 0 Å². The number of aromatic nitrogens is 1. The summed E-state index contributed by atoms with van der Waals surface area (Å²) in [5.74, 6) is 1.10. The van der Waals surface area contributed by atoms with Gasteiger partial charge in [0, 0.05) is 30.7 Å². The van der Waals surface area contributed by atoms with Crippen LogP contribution in [0.4, 0.5) is 5.82 Å². The van der Waals surface area contributed by atoms with E-state index in [1.54, 1.807) is 12.3 Å². The quantitative estimate of drug-likeness (QED) is 0.307. The normalized spacial score (nSPS) is 10.7. The number of guanidine groups is 1. The van der Waals surface area contributed by atoms with Gasteiger partial charge in [0.05, 0.1) is 6.54 Å². The summed E-state index contributed by atoms with van der Waals surface area (Å²) in [6.07, 6.45) is 2.03. The number of aryl methyl sites for hydroxylation is 1. The summed E-state index contributed by atoms with van der Waals surface area (Å²) >= 11 is 6.15. The largest absolute Gasteiger partial charge is 0.357 e. The summed E-state index contributed by atoms with van der Waals surface area (Å²) in [5.41, 5.74) is 2.00. The molecule has 1 aromatic carbocycles. The highest BCUT2D eigenvalue weighted by Gasteiger charge is 2.05. The lowest BCUT2D eigenvalue weighted by molar-refractivity contribution is -0.116. The number of hydrogen-bond acceptors (Lipinski definition) is 3. The number of pyridine rings is 1. The van der Waals surface area contributed by atoms with Crippen molar-refractivity contribution in [3.63, 3.8) is 0 Å². The third-order valence-corrected chi connectivity index (χ3v) is 3.90. The second kappa shape index (κ2) is 12.5. The molecule has 0 aliphatic carbocycles. The van der Waals surface area contributed by atoms with Crippen LogP contribution in [0.15, 0.2) is 47.6 Å². The fourth-order valence-corrected chi connectivity index (χ4v) is 2.37. The van der Waals surface area contributed by atoms with Crippen molar-refractivity contribution in [3.05, 3.63) is 58.7 Å². The molecule has 0 atom stereocenters. The fraction of sp³-hybridized carbons (Fsp3) is 0.316. The van der Waals surface area contributed by atoms with Crippen molar-refractivity contribution in [2.75, 3.05) is 18.4 Å². The van der Waals surface area contributed by atoms with Crippen molar-refractivity contribution >= 4 is 53.3 Å². The molecular weight excluding hydrogens is 477 g/mol. The average Bonchev–Trinajstić information content (AvgIpc) is 2.63. The first kappa shape index (κ1) is 23.2. The molecule has 1 amide bonds. The lowest BCUT2D eigenvalue weighted by atomic mass is 10.2. The number of rotatable bonds is 7. The summed E-state index contributed by atoms with van der Waals surface area (Å²) in [4.78, 5) is 20.7. The summed E-state index contributed by atoms with van der Waals surface area (Å²) < 4.78 is 0. The van der Waals surface area contributed by atoms with Gasteiger partial charge < -0.3 is 16.0 Å². The van der Waals surface area contributed by atoms with E-state index in [1.807, 2.05) is 44.2 Å². The van der Waals surface area contributed by atoms with Crippen molar-refractivity contribution in [2.45, 2.75) is 26.8 Å². The van der Waals surface area contributed by atoms with Gasteiger partial charge >= 0.3 is 0 Å². The van der Waals surface area contributed by atoms with Crippen LogP contribution in [0, 0.1) is 6.92 Å². The highest BCUT2D eigenvalue weighted by molar-refractivity contribution is 14.0. The van der Waals surface area contributed by atoms with E-state index in [2.05, 4.69) is 25.9 Å². The van der Waals surface area contributed by atoms with E-state index in [4.69, 9.17) is 11.6 Å². The Balaban J connectivity index is 0.00000364. The number of carbonyl (C=O) groups is 1. The number of aliphatic imine (C=N–C) groups is 1. The van der Waals surface area contributed by atoms with E-state index in [0.717, 1.165) is 17.7 Å². The zero-order valence-corrected chi connectivity index (χ0v) is 18.5. The van der Waals surface area contributed by atoms with Crippen LogP contribution in [-0.4, -0.2) is 29.9 Å². The van der Waals surface area contributed by atoms with Crippen molar-refractivity contribution in [1.82, 2.24) is 15.6 Å². The maximum absolute atomic E-state index is 12.0. The lowest BCUT2D eigenvalue weighted by Crippen LogP contribution is -2.38. The van der Waals surface area contributed by atoms with Gasteiger partial charge in [0.2, 0.25) is 5.91 Å². The molecule has 0 bridgehead atoms. The molecule has 6 nitrogen and oxygen atoms in total. The summed E-state index contributed by atoms with van der Waals surface area (Å²) in [6, 6.07) is 11.3. The molecule has 8 heteroatoms. The Morgan fingerprint density at radius 2 is 1.96 bits per heavy atom. The summed E-state index contributed by atoms with van der Waals surface area (Å²) in [5, 5.41) is 9.77. The van der Waals surface area contributed by atoms with Crippen molar-refractivity contribution < 1.29 is 4.79 Å². The molecular formula is C19H25ClIN5O. The summed E-state index contributed by atoms with van der Waals surface area (Å²) in [6.45, 7) is 5.60. The number of nitrogens with one attached hydrogen (secondary N) is 3. The topological polar surface area (TPSA) is 78.4 Å². The monoisotopic (exact) mass is 501 g/mol. The smallest absolute Gasteiger partial charge is 0.227 e. The average molecular weight is 502 g/mol. The van der Waals surface area contributed by atoms with Gasteiger partial charge in [0.25, 0.3) is 0 Å². The van der Waals surface area contributed by atoms with Crippen LogP contribution >= 0.6 is 35.6 Å². The minimum atomic E-state index is -0.101. The van der Waals surface area contributed by atoms with E-state index in [-0.39, 0.29) is 29.9 Å². The number of benzene rings is 1. The number of nitrogens with zero attached hydrogens (tertiary/aromatic N) is 2. The molecule has 0 aliphatic heterocycles. The molecule has 1 aromatic heterocycles. The zero-order chi connectivity index (χ0) is 18.8. The van der Waals surface area contributed by atoms with Gasteiger partial charge in [0.1, 0.15) is 5.82 Å². The predicted molar refractivity (Wildman–Crippen MR) is 122 cm³/mol. The molecule has 0 radical (unpaired) electrons. The van der Waals surface area contributed by atoms with Crippen molar-refractivity contribution in [2.24, 2.45) is 4.99 Å². The molecule has 0 fully saturated rings. The number of halogens is 2. The molecule has 2 rings (SSSR count). The van der Waals surface area contributed by atoms with Crippen LogP contribution in [-0.2, 0) is 11.3 Å².